The summed E-state index contributed by atoms with van der Waals surface area (Å²) in [5, 5.41) is 25.4. The fourth-order valence-corrected chi connectivity index (χ4v) is 2.59. The number of hydrogen-bond donors (Lipinski definition) is 2. The molecule has 0 saturated heterocycles. The number of nitrogens with one attached hydrogen (secondary N) is 1. The number of nitro groups is 1. The van der Waals surface area contributed by atoms with Gasteiger partial charge in [-0.25, -0.2) is 0 Å². The first-order chi connectivity index (χ1) is 11.5. The molecule has 120 valence electrons. The van der Waals surface area contributed by atoms with Crippen molar-refractivity contribution in [1.82, 2.24) is 0 Å². The number of phenolic OH excluding ortho intramolecular Hbond substituents is 1. The Hall–Kier alpha value is -3.41. The number of phenols is 1. The van der Waals surface area contributed by atoms with Crippen LogP contribution in [0.4, 0.5) is 11.4 Å². The van der Waals surface area contributed by atoms with Crippen molar-refractivity contribution in [1.29, 1.82) is 0 Å². The standard InChI is InChI=1S/C18H14N2O4/c1-11-15-8-3-2-5-12(15)9-16(17(11)21)18(22)19-13-6-4-7-14(10-13)20(23)24/h2-10,21H,1H3,(H,19,22). The van der Waals surface area contributed by atoms with Gasteiger partial charge in [-0.1, -0.05) is 30.3 Å². The second-order valence-electron chi connectivity index (χ2n) is 5.38. The van der Waals surface area contributed by atoms with Crippen LogP contribution in [-0.4, -0.2) is 15.9 Å². The summed E-state index contributed by atoms with van der Waals surface area (Å²) in [5.41, 5.74) is 0.904. The maximum absolute atomic E-state index is 12.5. The van der Waals surface area contributed by atoms with E-state index in [1.54, 1.807) is 19.1 Å². The van der Waals surface area contributed by atoms with Crippen LogP contribution in [0.3, 0.4) is 0 Å². The molecule has 0 unspecified atom stereocenters. The molecule has 0 aliphatic heterocycles. The molecule has 0 atom stereocenters. The van der Waals surface area contributed by atoms with E-state index in [-0.39, 0.29) is 17.0 Å². The molecule has 0 aromatic heterocycles. The van der Waals surface area contributed by atoms with E-state index in [0.29, 0.717) is 11.3 Å². The van der Waals surface area contributed by atoms with Crippen molar-refractivity contribution in [3.63, 3.8) is 0 Å². The van der Waals surface area contributed by atoms with E-state index in [9.17, 15) is 20.0 Å². The van der Waals surface area contributed by atoms with E-state index in [0.717, 1.165) is 10.8 Å². The summed E-state index contributed by atoms with van der Waals surface area (Å²) in [7, 11) is 0. The van der Waals surface area contributed by atoms with Gasteiger partial charge in [0.05, 0.1) is 10.5 Å². The molecule has 0 spiro atoms. The number of nitrogens with zero attached hydrogens (tertiary/aromatic N) is 1. The Morgan fingerprint density at radius 3 is 2.62 bits per heavy atom. The first-order valence-corrected chi connectivity index (χ1v) is 7.24. The maximum atomic E-state index is 12.5. The molecule has 3 rings (SSSR count). The highest BCUT2D eigenvalue weighted by molar-refractivity contribution is 6.09. The third-order valence-electron chi connectivity index (χ3n) is 3.83. The van der Waals surface area contributed by atoms with Gasteiger partial charge in [0, 0.05) is 17.8 Å². The summed E-state index contributed by atoms with van der Waals surface area (Å²) in [5.74, 6) is -0.626. The largest absolute Gasteiger partial charge is 0.507 e. The Kier molecular flexibility index (Phi) is 3.87. The van der Waals surface area contributed by atoms with Crippen LogP contribution in [0.15, 0.2) is 54.6 Å². The lowest BCUT2D eigenvalue weighted by atomic mass is 10.00. The molecule has 6 nitrogen and oxygen atoms in total. The third kappa shape index (κ3) is 2.77. The van der Waals surface area contributed by atoms with Gasteiger partial charge >= 0.3 is 0 Å². The number of hydrogen-bond acceptors (Lipinski definition) is 4. The molecule has 0 aliphatic carbocycles. The van der Waals surface area contributed by atoms with Gasteiger partial charge in [0.15, 0.2) is 0 Å². The highest BCUT2D eigenvalue weighted by atomic mass is 16.6. The molecule has 1 amide bonds. The van der Waals surface area contributed by atoms with Crippen LogP contribution >= 0.6 is 0 Å². The summed E-state index contributed by atoms with van der Waals surface area (Å²) in [6.45, 7) is 1.74. The molecule has 3 aromatic carbocycles. The molecule has 0 radical (unpaired) electrons. The van der Waals surface area contributed by atoms with Crippen molar-refractivity contribution < 1.29 is 14.8 Å². The average Bonchev–Trinajstić information content (AvgIpc) is 2.58. The van der Waals surface area contributed by atoms with Crippen LogP contribution in [-0.2, 0) is 0 Å². The van der Waals surface area contributed by atoms with E-state index < -0.39 is 10.8 Å². The summed E-state index contributed by atoms with van der Waals surface area (Å²) in [4.78, 5) is 22.7. The van der Waals surface area contributed by atoms with Gasteiger partial charge in [0.1, 0.15) is 5.75 Å². The first kappa shape index (κ1) is 15.5. The minimum Gasteiger partial charge on any atom is -0.507 e. The number of carbonyl (C=O) groups is 1. The molecule has 0 saturated carbocycles. The van der Waals surface area contributed by atoms with Gasteiger partial charge in [0.25, 0.3) is 11.6 Å². The van der Waals surface area contributed by atoms with Gasteiger partial charge in [-0.05, 0) is 35.4 Å². The Balaban J connectivity index is 1.98. The zero-order chi connectivity index (χ0) is 17.3. The van der Waals surface area contributed by atoms with Crippen LogP contribution < -0.4 is 5.32 Å². The minimum atomic E-state index is -0.534. The highest BCUT2D eigenvalue weighted by Gasteiger charge is 2.16. The second-order valence-corrected chi connectivity index (χ2v) is 5.38. The smallest absolute Gasteiger partial charge is 0.271 e. The molecule has 6 heteroatoms. The number of non-ortho nitro benzene ring substituents is 1. The topological polar surface area (TPSA) is 92.5 Å². The molecule has 24 heavy (non-hydrogen) atoms. The van der Waals surface area contributed by atoms with Crippen molar-refractivity contribution >= 4 is 28.1 Å². The van der Waals surface area contributed by atoms with Crippen LogP contribution in [0.2, 0.25) is 0 Å². The lowest BCUT2D eigenvalue weighted by molar-refractivity contribution is -0.384. The Morgan fingerprint density at radius 2 is 1.88 bits per heavy atom. The zero-order valence-electron chi connectivity index (χ0n) is 12.8. The number of aryl methyl sites for hydroxylation is 1. The van der Waals surface area contributed by atoms with Gasteiger partial charge in [-0.2, -0.15) is 0 Å². The number of amides is 1. The van der Waals surface area contributed by atoms with Gasteiger partial charge in [-0.15, -0.1) is 0 Å². The third-order valence-corrected chi connectivity index (χ3v) is 3.83. The molecule has 0 bridgehead atoms. The van der Waals surface area contributed by atoms with E-state index in [1.807, 2.05) is 24.3 Å². The summed E-state index contributed by atoms with van der Waals surface area (Å²) in [6.07, 6.45) is 0. The van der Waals surface area contributed by atoms with Crippen LogP contribution in [0.1, 0.15) is 15.9 Å². The van der Waals surface area contributed by atoms with Crippen molar-refractivity contribution in [3.8, 4) is 5.75 Å². The number of anilines is 1. The normalized spacial score (nSPS) is 10.5. The quantitative estimate of drug-likeness (QED) is 0.563. The maximum Gasteiger partial charge on any atom is 0.271 e. The number of aromatic hydroxyl groups is 1. The Morgan fingerprint density at radius 1 is 1.12 bits per heavy atom. The lowest BCUT2D eigenvalue weighted by Crippen LogP contribution is -2.12. The van der Waals surface area contributed by atoms with E-state index in [4.69, 9.17) is 0 Å². The summed E-state index contributed by atoms with van der Waals surface area (Å²) < 4.78 is 0. The van der Waals surface area contributed by atoms with Crippen molar-refractivity contribution in [2.75, 3.05) is 5.32 Å². The minimum absolute atomic E-state index is 0.100. The molecule has 0 fully saturated rings. The van der Waals surface area contributed by atoms with E-state index >= 15 is 0 Å². The van der Waals surface area contributed by atoms with E-state index in [2.05, 4.69) is 5.32 Å². The number of carbonyl (C=O) groups excluding carboxylic acids is 1. The van der Waals surface area contributed by atoms with Crippen molar-refractivity contribution in [2.24, 2.45) is 0 Å². The molecular formula is C18H14N2O4. The lowest BCUT2D eigenvalue weighted by Gasteiger charge is -2.11. The predicted molar refractivity (Wildman–Crippen MR) is 91.4 cm³/mol. The second kappa shape index (κ2) is 6.00. The molecule has 0 aliphatic rings. The predicted octanol–water partition coefficient (Wildman–Crippen LogP) is 4.01. The number of nitro benzene ring substituents is 1. The van der Waals surface area contributed by atoms with Crippen molar-refractivity contribution in [3.05, 3.63) is 75.8 Å². The van der Waals surface area contributed by atoms with Gasteiger partial charge < -0.3 is 10.4 Å². The number of rotatable bonds is 3. The molecule has 3 aromatic rings. The summed E-state index contributed by atoms with van der Waals surface area (Å²) in [6, 6.07) is 14.7. The molecular weight excluding hydrogens is 308 g/mol. The highest BCUT2D eigenvalue weighted by Crippen LogP contribution is 2.31. The molecule has 0 heterocycles. The Labute approximate surface area is 137 Å². The zero-order valence-corrected chi connectivity index (χ0v) is 12.8. The monoisotopic (exact) mass is 322 g/mol. The first-order valence-electron chi connectivity index (χ1n) is 7.24. The SMILES string of the molecule is Cc1c(O)c(C(=O)Nc2cccc([N+](=O)[O-])c2)cc2ccccc12. The van der Waals surface area contributed by atoms with Gasteiger partial charge in [-0.3, -0.25) is 14.9 Å². The Bertz CT molecular complexity index is 966. The molecule has 2 N–H and O–H groups in total. The van der Waals surface area contributed by atoms with Gasteiger partial charge in [0.2, 0.25) is 0 Å². The average molecular weight is 322 g/mol. The van der Waals surface area contributed by atoms with Crippen LogP contribution in [0, 0.1) is 17.0 Å². The van der Waals surface area contributed by atoms with Crippen molar-refractivity contribution in [2.45, 2.75) is 6.92 Å². The number of benzene rings is 3. The van der Waals surface area contributed by atoms with E-state index in [1.165, 1.54) is 18.2 Å². The van der Waals surface area contributed by atoms with Crippen LogP contribution in [0.5, 0.6) is 5.75 Å². The summed E-state index contributed by atoms with van der Waals surface area (Å²) >= 11 is 0. The fraction of sp³-hybridized carbons (Fsp3) is 0.0556. The fourth-order valence-electron chi connectivity index (χ4n) is 2.59. The van der Waals surface area contributed by atoms with Crippen LogP contribution in [0.25, 0.3) is 10.8 Å². The number of fused-ring (bicyclic) bond motifs is 1.